The Kier molecular flexibility index (Phi) is 4.61. The lowest BCUT2D eigenvalue weighted by Crippen LogP contribution is -2.12. The quantitative estimate of drug-likeness (QED) is 0.628. The van der Waals surface area contributed by atoms with E-state index in [4.69, 9.17) is 0 Å². The summed E-state index contributed by atoms with van der Waals surface area (Å²) in [5.41, 5.74) is 0.677. The van der Waals surface area contributed by atoms with Crippen LogP contribution in [0.4, 0.5) is 13.2 Å². The number of alkyl halides is 3. The first kappa shape index (κ1) is 14.1. The Balaban J connectivity index is 0.000000686. The van der Waals surface area contributed by atoms with Crippen LogP contribution in [0.15, 0.2) is 18.2 Å². The summed E-state index contributed by atoms with van der Waals surface area (Å²) in [5.74, 6) is 0.353. The molecule has 1 aliphatic rings. The van der Waals surface area contributed by atoms with Crippen LogP contribution in [0.5, 0.6) is 0 Å². The minimum absolute atomic E-state index is 0.311. The van der Waals surface area contributed by atoms with E-state index in [2.05, 4.69) is 0 Å². The maximum absolute atomic E-state index is 12.6. The molecule has 17 heavy (non-hydrogen) atoms. The number of aryl methyl sites for hydroxylation is 1. The summed E-state index contributed by atoms with van der Waals surface area (Å²) in [6.07, 6.45) is -1.02. The molecule has 1 aliphatic carbocycles. The average Bonchev–Trinajstić information content (AvgIpc) is 2.19. The SMILES string of the molecule is CC.Cc1ccc(C2CCC2)cc1C(F)(F)F. The van der Waals surface area contributed by atoms with Gasteiger partial charge in [0, 0.05) is 0 Å². The van der Waals surface area contributed by atoms with E-state index >= 15 is 0 Å². The third kappa shape index (κ3) is 3.24. The predicted molar refractivity (Wildman–Crippen MR) is 64.1 cm³/mol. The molecular formula is C14H19F3. The van der Waals surface area contributed by atoms with Crippen LogP contribution in [-0.2, 0) is 6.18 Å². The third-order valence-corrected chi connectivity index (χ3v) is 3.14. The molecule has 0 aromatic heterocycles. The van der Waals surface area contributed by atoms with Crippen molar-refractivity contribution in [3.63, 3.8) is 0 Å². The molecule has 0 N–H and O–H groups in total. The fourth-order valence-corrected chi connectivity index (χ4v) is 1.94. The second-order valence-electron chi connectivity index (χ2n) is 4.20. The highest BCUT2D eigenvalue weighted by Crippen LogP contribution is 2.39. The highest BCUT2D eigenvalue weighted by Gasteiger charge is 2.33. The first-order valence-electron chi connectivity index (χ1n) is 6.16. The van der Waals surface area contributed by atoms with Crippen molar-refractivity contribution in [1.82, 2.24) is 0 Å². The van der Waals surface area contributed by atoms with Crippen molar-refractivity contribution in [3.05, 3.63) is 34.9 Å². The molecule has 0 heterocycles. The van der Waals surface area contributed by atoms with Crippen LogP contribution in [0.1, 0.15) is 55.7 Å². The Hall–Kier alpha value is -0.990. The number of benzene rings is 1. The van der Waals surface area contributed by atoms with E-state index < -0.39 is 11.7 Å². The molecule has 0 spiro atoms. The van der Waals surface area contributed by atoms with Crippen molar-refractivity contribution in [2.24, 2.45) is 0 Å². The summed E-state index contributed by atoms with van der Waals surface area (Å²) in [6, 6.07) is 4.73. The summed E-state index contributed by atoms with van der Waals surface area (Å²) >= 11 is 0. The van der Waals surface area contributed by atoms with Gasteiger partial charge in [-0.05, 0) is 42.9 Å². The minimum Gasteiger partial charge on any atom is -0.166 e. The van der Waals surface area contributed by atoms with Crippen molar-refractivity contribution in [2.45, 2.75) is 52.1 Å². The van der Waals surface area contributed by atoms with E-state index in [1.165, 1.54) is 13.0 Å². The van der Waals surface area contributed by atoms with Gasteiger partial charge in [0.2, 0.25) is 0 Å². The van der Waals surface area contributed by atoms with Crippen LogP contribution in [-0.4, -0.2) is 0 Å². The molecule has 2 rings (SSSR count). The van der Waals surface area contributed by atoms with Crippen molar-refractivity contribution < 1.29 is 13.2 Å². The molecule has 1 aromatic rings. The molecule has 96 valence electrons. The zero-order valence-corrected chi connectivity index (χ0v) is 10.6. The fourth-order valence-electron chi connectivity index (χ4n) is 1.94. The first-order valence-corrected chi connectivity index (χ1v) is 6.16. The van der Waals surface area contributed by atoms with Gasteiger partial charge in [-0.2, -0.15) is 13.2 Å². The van der Waals surface area contributed by atoms with Gasteiger partial charge < -0.3 is 0 Å². The van der Waals surface area contributed by atoms with Crippen molar-refractivity contribution in [2.75, 3.05) is 0 Å². The zero-order valence-electron chi connectivity index (χ0n) is 10.6. The Morgan fingerprint density at radius 3 is 2.12 bits per heavy atom. The molecule has 0 atom stereocenters. The Bertz CT molecular complexity index is 362. The lowest BCUT2D eigenvalue weighted by Gasteiger charge is -2.26. The lowest BCUT2D eigenvalue weighted by atomic mass is 9.79. The standard InChI is InChI=1S/C12H13F3.C2H6/c1-8-5-6-10(9-3-2-4-9)7-11(8)12(13,14)15;1-2/h5-7,9H,2-4H2,1H3;1-2H3. The molecule has 1 aromatic carbocycles. The van der Waals surface area contributed by atoms with Crippen LogP contribution >= 0.6 is 0 Å². The maximum Gasteiger partial charge on any atom is 0.416 e. The number of hydrogen-bond donors (Lipinski definition) is 0. The van der Waals surface area contributed by atoms with E-state index in [1.54, 1.807) is 6.07 Å². The summed E-state index contributed by atoms with van der Waals surface area (Å²) in [6.45, 7) is 5.51. The van der Waals surface area contributed by atoms with Crippen LogP contribution in [0.25, 0.3) is 0 Å². The highest BCUT2D eigenvalue weighted by atomic mass is 19.4. The molecular weight excluding hydrogens is 225 g/mol. The Morgan fingerprint density at radius 1 is 1.12 bits per heavy atom. The monoisotopic (exact) mass is 244 g/mol. The highest BCUT2D eigenvalue weighted by molar-refractivity contribution is 5.35. The van der Waals surface area contributed by atoms with Crippen LogP contribution in [0.3, 0.4) is 0 Å². The Labute approximate surface area is 101 Å². The second-order valence-corrected chi connectivity index (χ2v) is 4.20. The summed E-state index contributed by atoms with van der Waals surface area (Å²) < 4.78 is 37.8. The van der Waals surface area contributed by atoms with Gasteiger partial charge in [0.1, 0.15) is 0 Å². The maximum atomic E-state index is 12.6. The average molecular weight is 244 g/mol. The van der Waals surface area contributed by atoms with Gasteiger partial charge in [-0.15, -0.1) is 0 Å². The summed E-state index contributed by atoms with van der Waals surface area (Å²) in [7, 11) is 0. The van der Waals surface area contributed by atoms with Gasteiger partial charge in [-0.25, -0.2) is 0 Å². The van der Waals surface area contributed by atoms with Crippen molar-refractivity contribution in [1.29, 1.82) is 0 Å². The van der Waals surface area contributed by atoms with Gasteiger partial charge in [0.25, 0.3) is 0 Å². The third-order valence-electron chi connectivity index (χ3n) is 3.14. The predicted octanol–water partition coefficient (Wildman–Crippen LogP) is 5.31. The van der Waals surface area contributed by atoms with Gasteiger partial charge in [-0.3, -0.25) is 0 Å². The van der Waals surface area contributed by atoms with Crippen LogP contribution in [0, 0.1) is 6.92 Å². The van der Waals surface area contributed by atoms with Gasteiger partial charge in [-0.1, -0.05) is 32.4 Å². The van der Waals surface area contributed by atoms with Gasteiger partial charge in [0.15, 0.2) is 0 Å². The minimum atomic E-state index is -4.22. The number of halogens is 3. The smallest absolute Gasteiger partial charge is 0.166 e. The zero-order chi connectivity index (χ0) is 13.1. The van der Waals surface area contributed by atoms with Crippen molar-refractivity contribution in [3.8, 4) is 0 Å². The summed E-state index contributed by atoms with van der Waals surface area (Å²) in [4.78, 5) is 0. The van der Waals surface area contributed by atoms with Crippen molar-refractivity contribution >= 4 is 0 Å². The molecule has 0 nitrogen and oxygen atoms in total. The molecule has 1 fully saturated rings. The Morgan fingerprint density at radius 2 is 1.71 bits per heavy atom. The van der Waals surface area contributed by atoms with Gasteiger partial charge >= 0.3 is 6.18 Å². The topological polar surface area (TPSA) is 0 Å². The van der Waals surface area contributed by atoms with Crippen LogP contribution < -0.4 is 0 Å². The molecule has 3 heteroatoms. The normalized spacial score (nSPS) is 15.9. The first-order chi connectivity index (χ1) is 7.98. The molecule has 1 saturated carbocycles. The molecule has 0 amide bonds. The van der Waals surface area contributed by atoms with E-state index in [1.807, 2.05) is 19.9 Å². The molecule has 0 bridgehead atoms. The summed E-state index contributed by atoms with van der Waals surface area (Å²) in [5, 5.41) is 0. The molecule has 0 aliphatic heterocycles. The lowest BCUT2D eigenvalue weighted by molar-refractivity contribution is -0.138. The fraction of sp³-hybridized carbons (Fsp3) is 0.571. The second kappa shape index (κ2) is 5.56. The van der Waals surface area contributed by atoms with Gasteiger partial charge in [0.05, 0.1) is 5.56 Å². The van der Waals surface area contributed by atoms with E-state index in [9.17, 15) is 13.2 Å². The molecule has 0 radical (unpaired) electrons. The number of rotatable bonds is 1. The van der Waals surface area contributed by atoms with Crippen LogP contribution in [0.2, 0.25) is 0 Å². The molecule has 0 saturated heterocycles. The number of hydrogen-bond acceptors (Lipinski definition) is 0. The largest absolute Gasteiger partial charge is 0.416 e. The van der Waals surface area contributed by atoms with E-state index in [-0.39, 0.29) is 0 Å². The molecule has 0 unspecified atom stereocenters. The van der Waals surface area contributed by atoms with E-state index in [0.717, 1.165) is 24.8 Å². The van der Waals surface area contributed by atoms with E-state index in [0.29, 0.717) is 11.5 Å².